The van der Waals surface area contributed by atoms with Gasteiger partial charge in [0.25, 0.3) is 0 Å². The van der Waals surface area contributed by atoms with Crippen LogP contribution in [0.15, 0.2) is 42.6 Å². The first kappa shape index (κ1) is 13.5. The number of H-pyrrole nitrogens is 1. The van der Waals surface area contributed by atoms with Crippen molar-refractivity contribution in [3.8, 4) is 6.07 Å². The van der Waals surface area contributed by atoms with E-state index in [0.717, 1.165) is 0 Å². The molecule has 0 fully saturated rings. The second-order valence-electron chi connectivity index (χ2n) is 4.01. The van der Waals surface area contributed by atoms with E-state index in [-0.39, 0.29) is 5.69 Å². The number of nitriles is 1. The minimum absolute atomic E-state index is 0.186. The molecule has 0 saturated heterocycles. The van der Waals surface area contributed by atoms with Gasteiger partial charge in [0.15, 0.2) is 5.92 Å². The molecule has 0 bridgehead atoms. The van der Waals surface area contributed by atoms with E-state index < -0.39 is 23.4 Å². The van der Waals surface area contributed by atoms with Crippen LogP contribution < -0.4 is 5.32 Å². The molecule has 0 spiro atoms. The fourth-order valence-electron chi connectivity index (χ4n) is 1.62. The molecule has 1 heterocycles. The third-order valence-electron chi connectivity index (χ3n) is 2.63. The van der Waals surface area contributed by atoms with Crippen LogP contribution in [0.3, 0.4) is 0 Å². The summed E-state index contributed by atoms with van der Waals surface area (Å²) in [6, 6.07) is 9.78. The molecule has 0 radical (unpaired) electrons. The van der Waals surface area contributed by atoms with Gasteiger partial charge in [-0.05, 0) is 36.4 Å². The number of benzene rings is 1. The Balaban J connectivity index is 2.12. The maximum atomic E-state index is 12.7. The van der Waals surface area contributed by atoms with Crippen molar-refractivity contribution < 1.29 is 14.0 Å². The summed E-state index contributed by atoms with van der Waals surface area (Å²) < 4.78 is 12.7. The summed E-state index contributed by atoms with van der Waals surface area (Å²) in [4.78, 5) is 26.5. The molecule has 2 aromatic rings. The van der Waals surface area contributed by atoms with Crippen molar-refractivity contribution in [2.45, 2.75) is 0 Å². The van der Waals surface area contributed by atoms with Crippen LogP contribution in [0, 0.1) is 23.1 Å². The molecule has 0 aliphatic rings. The zero-order valence-electron chi connectivity index (χ0n) is 10.3. The highest BCUT2D eigenvalue weighted by atomic mass is 19.1. The number of nitrogens with zero attached hydrogens (tertiary/aromatic N) is 1. The van der Waals surface area contributed by atoms with Crippen molar-refractivity contribution in [3.05, 3.63) is 54.1 Å². The van der Waals surface area contributed by atoms with Gasteiger partial charge >= 0.3 is 0 Å². The van der Waals surface area contributed by atoms with Gasteiger partial charge in [0.2, 0.25) is 11.7 Å². The summed E-state index contributed by atoms with van der Waals surface area (Å²) >= 11 is 0. The second kappa shape index (κ2) is 5.80. The lowest BCUT2D eigenvalue weighted by atomic mass is 10.0. The molecule has 5 nitrogen and oxygen atoms in total. The topological polar surface area (TPSA) is 85.8 Å². The van der Waals surface area contributed by atoms with E-state index in [1.807, 2.05) is 0 Å². The number of carbonyl (C=O) groups excluding carboxylic acids is 2. The average Bonchev–Trinajstić information content (AvgIpc) is 2.96. The summed E-state index contributed by atoms with van der Waals surface area (Å²) in [6.45, 7) is 0. The molecule has 0 aliphatic carbocycles. The number of Topliss-reactive ketones (excluding diaryl/α,β-unsaturated/α-hetero) is 1. The Morgan fingerprint density at radius 1 is 1.25 bits per heavy atom. The Hall–Kier alpha value is -2.94. The molecule has 20 heavy (non-hydrogen) atoms. The first-order valence-corrected chi connectivity index (χ1v) is 5.75. The van der Waals surface area contributed by atoms with Gasteiger partial charge < -0.3 is 10.3 Å². The Morgan fingerprint density at radius 3 is 2.50 bits per heavy atom. The molecule has 1 aromatic heterocycles. The normalized spacial score (nSPS) is 11.4. The molecule has 2 rings (SSSR count). The Morgan fingerprint density at radius 2 is 1.95 bits per heavy atom. The third-order valence-corrected chi connectivity index (χ3v) is 2.63. The second-order valence-corrected chi connectivity index (χ2v) is 4.01. The van der Waals surface area contributed by atoms with Gasteiger partial charge in [0, 0.05) is 11.9 Å². The first-order chi connectivity index (χ1) is 9.61. The van der Waals surface area contributed by atoms with Crippen molar-refractivity contribution in [1.29, 1.82) is 5.26 Å². The molecular weight excluding hydrogens is 261 g/mol. The number of halogens is 1. The van der Waals surface area contributed by atoms with Gasteiger partial charge in [0.1, 0.15) is 5.82 Å². The monoisotopic (exact) mass is 271 g/mol. The van der Waals surface area contributed by atoms with Gasteiger partial charge in [-0.3, -0.25) is 9.59 Å². The lowest BCUT2D eigenvalue weighted by molar-refractivity contribution is -0.117. The van der Waals surface area contributed by atoms with Gasteiger partial charge in [-0.25, -0.2) is 4.39 Å². The number of ketones is 1. The van der Waals surface area contributed by atoms with Crippen LogP contribution in [0.4, 0.5) is 10.1 Å². The molecular formula is C14H10FN3O2. The van der Waals surface area contributed by atoms with E-state index >= 15 is 0 Å². The number of carbonyl (C=O) groups is 2. The molecule has 1 unspecified atom stereocenters. The lowest BCUT2D eigenvalue weighted by Crippen LogP contribution is -2.28. The quantitative estimate of drug-likeness (QED) is 0.659. The Kier molecular flexibility index (Phi) is 3.91. The first-order valence-electron chi connectivity index (χ1n) is 5.75. The highest BCUT2D eigenvalue weighted by Gasteiger charge is 2.28. The van der Waals surface area contributed by atoms with Gasteiger partial charge in [-0.15, -0.1) is 0 Å². The van der Waals surface area contributed by atoms with Crippen molar-refractivity contribution >= 4 is 17.4 Å². The number of amides is 1. The molecule has 100 valence electrons. The van der Waals surface area contributed by atoms with Gasteiger partial charge in [-0.2, -0.15) is 5.26 Å². The summed E-state index contributed by atoms with van der Waals surface area (Å²) in [5.74, 6) is -3.27. The Labute approximate surface area is 114 Å². The van der Waals surface area contributed by atoms with Crippen LogP contribution in [-0.4, -0.2) is 16.7 Å². The number of aromatic nitrogens is 1. The number of nitrogens with one attached hydrogen (secondary N) is 2. The van der Waals surface area contributed by atoms with E-state index in [4.69, 9.17) is 5.26 Å². The number of rotatable bonds is 4. The zero-order valence-corrected chi connectivity index (χ0v) is 10.3. The minimum atomic E-state index is -1.46. The van der Waals surface area contributed by atoms with E-state index in [1.165, 1.54) is 36.5 Å². The fraction of sp³-hybridized carbons (Fsp3) is 0.0714. The van der Waals surface area contributed by atoms with E-state index in [0.29, 0.717) is 5.69 Å². The lowest BCUT2D eigenvalue weighted by Gasteiger charge is -2.08. The maximum absolute atomic E-state index is 12.7. The smallest absolute Gasteiger partial charge is 0.249 e. The van der Waals surface area contributed by atoms with Crippen LogP contribution >= 0.6 is 0 Å². The number of hydrogen-bond donors (Lipinski definition) is 2. The fourth-order valence-corrected chi connectivity index (χ4v) is 1.62. The van der Waals surface area contributed by atoms with Crippen LogP contribution in [0.25, 0.3) is 0 Å². The molecule has 6 heteroatoms. The number of aromatic amines is 1. The van der Waals surface area contributed by atoms with E-state index in [2.05, 4.69) is 10.3 Å². The molecule has 0 saturated carbocycles. The van der Waals surface area contributed by atoms with Crippen molar-refractivity contribution in [1.82, 2.24) is 4.98 Å². The summed E-state index contributed by atoms with van der Waals surface area (Å²) in [7, 11) is 0. The average molecular weight is 271 g/mol. The molecule has 0 aliphatic heterocycles. The molecule has 1 amide bonds. The van der Waals surface area contributed by atoms with E-state index in [9.17, 15) is 14.0 Å². The minimum Gasteiger partial charge on any atom is -0.359 e. The van der Waals surface area contributed by atoms with E-state index in [1.54, 1.807) is 12.1 Å². The summed E-state index contributed by atoms with van der Waals surface area (Å²) in [5, 5.41) is 11.4. The molecule has 2 N–H and O–H groups in total. The standard InChI is InChI=1S/C14H10FN3O2/c15-9-3-5-10(6-4-9)18-14(20)11(8-16)13(19)12-2-1-7-17-12/h1-7,11,17H,(H,18,20). The van der Waals surface area contributed by atoms with Crippen molar-refractivity contribution in [2.24, 2.45) is 5.92 Å². The van der Waals surface area contributed by atoms with Gasteiger partial charge in [-0.1, -0.05) is 0 Å². The van der Waals surface area contributed by atoms with Crippen LogP contribution in [0.1, 0.15) is 10.5 Å². The van der Waals surface area contributed by atoms with Crippen LogP contribution in [0.5, 0.6) is 0 Å². The largest absolute Gasteiger partial charge is 0.359 e. The predicted molar refractivity (Wildman–Crippen MR) is 69.3 cm³/mol. The van der Waals surface area contributed by atoms with Crippen LogP contribution in [-0.2, 0) is 4.79 Å². The summed E-state index contributed by atoms with van der Waals surface area (Å²) in [6.07, 6.45) is 1.53. The summed E-state index contributed by atoms with van der Waals surface area (Å²) in [5.41, 5.74) is 0.502. The predicted octanol–water partition coefficient (Wildman–Crippen LogP) is 2.11. The Bertz CT molecular complexity index is 657. The number of hydrogen-bond acceptors (Lipinski definition) is 3. The maximum Gasteiger partial charge on any atom is 0.249 e. The van der Waals surface area contributed by atoms with Crippen molar-refractivity contribution in [3.63, 3.8) is 0 Å². The SMILES string of the molecule is N#CC(C(=O)Nc1ccc(F)cc1)C(=O)c1ccc[nH]1. The highest BCUT2D eigenvalue weighted by Crippen LogP contribution is 2.12. The van der Waals surface area contributed by atoms with Gasteiger partial charge in [0.05, 0.1) is 11.8 Å². The molecule has 1 aromatic carbocycles. The number of anilines is 1. The van der Waals surface area contributed by atoms with Crippen molar-refractivity contribution in [2.75, 3.05) is 5.32 Å². The third kappa shape index (κ3) is 2.90. The molecule has 1 atom stereocenters. The van der Waals surface area contributed by atoms with Crippen LogP contribution in [0.2, 0.25) is 0 Å². The zero-order chi connectivity index (χ0) is 14.5. The highest BCUT2D eigenvalue weighted by molar-refractivity contribution is 6.14.